The molecule has 0 spiro atoms. The first-order valence-corrected chi connectivity index (χ1v) is 13.1. The monoisotopic (exact) mass is 582 g/mol. The molecule has 42 heavy (non-hydrogen) atoms. The molecule has 8 nitrogen and oxygen atoms in total. The minimum atomic E-state index is -0.948. The number of rotatable bonds is 7. The van der Waals surface area contributed by atoms with E-state index in [4.69, 9.17) is 26.4 Å². The molecule has 0 saturated carbocycles. The molecule has 0 radical (unpaired) electrons. The zero-order valence-corrected chi connectivity index (χ0v) is 22.7. The Bertz CT molecular complexity index is 1940. The Balaban J connectivity index is 1.38. The number of anilines is 3. The van der Waals surface area contributed by atoms with Gasteiger partial charge in [0.25, 0.3) is 5.91 Å². The van der Waals surface area contributed by atoms with Crippen LogP contribution in [-0.4, -0.2) is 32.6 Å². The number of ether oxygens (including phenoxy) is 1. The molecule has 208 valence electrons. The summed E-state index contributed by atoms with van der Waals surface area (Å²) in [6, 6.07) is 22.8. The highest BCUT2D eigenvalue weighted by molar-refractivity contribution is 6.32. The maximum atomic E-state index is 14.2. The summed E-state index contributed by atoms with van der Waals surface area (Å²) in [7, 11) is 1.54. The van der Waals surface area contributed by atoms with Crippen LogP contribution in [0, 0.1) is 11.6 Å². The molecule has 0 aliphatic heterocycles. The fourth-order valence-corrected chi connectivity index (χ4v) is 4.79. The zero-order chi connectivity index (χ0) is 29.2. The molecule has 2 N–H and O–H groups in total. The van der Waals surface area contributed by atoms with Crippen LogP contribution in [0.15, 0.2) is 97.3 Å². The van der Waals surface area contributed by atoms with Crippen molar-refractivity contribution in [2.24, 2.45) is 0 Å². The fraction of sp³-hybridized carbons (Fsp3) is 0.0323. The molecular weight excluding hydrogens is 562 g/mol. The Labute approximate surface area is 243 Å². The average Bonchev–Trinajstić information content (AvgIpc) is 3.37. The Hall–Kier alpha value is -5.35. The molecule has 0 unspecified atom stereocenters. The molecule has 0 fully saturated rings. The van der Waals surface area contributed by atoms with Gasteiger partial charge in [-0.25, -0.2) is 23.3 Å². The van der Waals surface area contributed by atoms with Gasteiger partial charge in [0.2, 0.25) is 5.95 Å². The van der Waals surface area contributed by atoms with Crippen LogP contribution in [0.1, 0.15) is 10.4 Å². The number of nitrogens with one attached hydrogen (secondary N) is 2. The van der Waals surface area contributed by atoms with Crippen LogP contribution >= 0.6 is 11.6 Å². The van der Waals surface area contributed by atoms with Crippen molar-refractivity contribution >= 4 is 40.3 Å². The van der Waals surface area contributed by atoms with Crippen LogP contribution in [0.4, 0.5) is 26.1 Å². The highest BCUT2D eigenvalue weighted by atomic mass is 35.5. The number of methoxy groups -OCH3 is 1. The highest BCUT2D eigenvalue weighted by Gasteiger charge is 2.20. The number of halogens is 3. The van der Waals surface area contributed by atoms with Crippen molar-refractivity contribution < 1.29 is 18.3 Å². The van der Waals surface area contributed by atoms with Crippen LogP contribution in [0.5, 0.6) is 5.75 Å². The third kappa shape index (κ3) is 5.23. The normalized spacial score (nSPS) is 11.0. The van der Waals surface area contributed by atoms with E-state index in [1.165, 1.54) is 6.07 Å². The Morgan fingerprint density at radius 2 is 1.74 bits per heavy atom. The molecule has 3 aromatic heterocycles. The second-order valence-corrected chi connectivity index (χ2v) is 9.53. The summed E-state index contributed by atoms with van der Waals surface area (Å²) in [5.41, 5.74) is 3.67. The van der Waals surface area contributed by atoms with E-state index >= 15 is 0 Å². The van der Waals surface area contributed by atoms with Gasteiger partial charge in [-0.05, 0) is 60.7 Å². The first kappa shape index (κ1) is 26.9. The SMILES string of the molecule is COc1ccc(Nc2nccc(-c3c(-c4cccc(NC(=O)c5c(F)cccc5F)c4)nn4ccccc34)n2)cc1Cl. The largest absolute Gasteiger partial charge is 0.495 e. The van der Waals surface area contributed by atoms with Gasteiger partial charge < -0.3 is 15.4 Å². The number of fused-ring (bicyclic) bond motifs is 1. The van der Waals surface area contributed by atoms with E-state index in [2.05, 4.69) is 15.6 Å². The quantitative estimate of drug-likeness (QED) is 0.204. The number of hydrogen-bond acceptors (Lipinski definition) is 6. The highest BCUT2D eigenvalue weighted by Crippen LogP contribution is 2.36. The van der Waals surface area contributed by atoms with Crippen LogP contribution < -0.4 is 15.4 Å². The van der Waals surface area contributed by atoms with Gasteiger partial charge in [0.05, 0.1) is 28.9 Å². The molecule has 0 bridgehead atoms. The van der Waals surface area contributed by atoms with Gasteiger partial charge in [0.15, 0.2) is 0 Å². The van der Waals surface area contributed by atoms with E-state index in [-0.39, 0.29) is 0 Å². The number of carbonyl (C=O) groups is 1. The lowest BCUT2D eigenvalue weighted by Crippen LogP contribution is -2.15. The number of hydrogen-bond donors (Lipinski definition) is 2. The van der Waals surface area contributed by atoms with E-state index in [1.54, 1.807) is 60.3 Å². The van der Waals surface area contributed by atoms with E-state index < -0.39 is 23.1 Å². The van der Waals surface area contributed by atoms with Gasteiger partial charge in [-0.1, -0.05) is 35.9 Å². The average molecular weight is 583 g/mol. The first-order valence-electron chi connectivity index (χ1n) is 12.7. The molecule has 0 aliphatic rings. The lowest BCUT2D eigenvalue weighted by Gasteiger charge is -2.10. The topological polar surface area (TPSA) is 93.4 Å². The predicted molar refractivity (Wildman–Crippen MR) is 157 cm³/mol. The van der Waals surface area contributed by atoms with E-state index in [0.717, 1.165) is 23.2 Å². The maximum Gasteiger partial charge on any atom is 0.261 e. The molecule has 1 amide bonds. The number of pyridine rings is 1. The Kier molecular flexibility index (Phi) is 7.20. The van der Waals surface area contributed by atoms with Crippen LogP contribution in [0.25, 0.3) is 28.0 Å². The van der Waals surface area contributed by atoms with Crippen molar-refractivity contribution in [1.29, 1.82) is 0 Å². The molecule has 6 aromatic rings. The van der Waals surface area contributed by atoms with E-state index in [9.17, 15) is 13.6 Å². The molecule has 3 heterocycles. The number of aromatic nitrogens is 4. The summed E-state index contributed by atoms with van der Waals surface area (Å²) in [6.45, 7) is 0. The van der Waals surface area contributed by atoms with Crippen molar-refractivity contribution in [3.63, 3.8) is 0 Å². The van der Waals surface area contributed by atoms with Gasteiger partial charge in [-0.3, -0.25) is 4.79 Å². The molecule has 3 aromatic carbocycles. The lowest BCUT2D eigenvalue weighted by molar-refractivity contribution is 0.101. The third-order valence-corrected chi connectivity index (χ3v) is 6.74. The van der Waals surface area contributed by atoms with Crippen LogP contribution in [-0.2, 0) is 0 Å². The van der Waals surface area contributed by atoms with Crippen molar-refractivity contribution in [3.05, 3.63) is 120 Å². The molecule has 6 rings (SSSR count). The van der Waals surface area contributed by atoms with Crippen molar-refractivity contribution in [1.82, 2.24) is 19.6 Å². The maximum absolute atomic E-state index is 14.2. The summed E-state index contributed by atoms with van der Waals surface area (Å²) in [5.74, 6) is -1.91. The molecule has 11 heteroatoms. The van der Waals surface area contributed by atoms with Gasteiger partial charge in [-0.15, -0.1) is 0 Å². The van der Waals surface area contributed by atoms with Crippen LogP contribution in [0.2, 0.25) is 5.02 Å². The predicted octanol–water partition coefficient (Wildman–Crippen LogP) is 7.39. The van der Waals surface area contributed by atoms with Crippen LogP contribution in [0.3, 0.4) is 0 Å². The summed E-state index contributed by atoms with van der Waals surface area (Å²) in [5, 5.41) is 11.0. The van der Waals surface area contributed by atoms with Crippen molar-refractivity contribution in [2.75, 3.05) is 17.7 Å². The summed E-state index contributed by atoms with van der Waals surface area (Å²) in [4.78, 5) is 21.8. The zero-order valence-electron chi connectivity index (χ0n) is 22.0. The second kappa shape index (κ2) is 11.3. The third-order valence-electron chi connectivity index (χ3n) is 6.44. The summed E-state index contributed by atoms with van der Waals surface area (Å²) >= 11 is 6.28. The standard InChI is InChI=1S/C31H21ClF2N6O2/c1-42-26-12-11-20(17-21(26)32)37-31-35-14-13-24(38-31)28-25-10-2-3-15-40(25)39-29(28)18-6-4-7-19(16-18)36-30(41)27-22(33)8-5-9-23(27)34/h2-17H,1H3,(H,36,41)(H,35,37,38). The number of benzene rings is 3. The van der Waals surface area contributed by atoms with Gasteiger partial charge in [0, 0.05) is 29.3 Å². The molecule has 0 aliphatic carbocycles. The lowest BCUT2D eigenvalue weighted by atomic mass is 10.0. The second-order valence-electron chi connectivity index (χ2n) is 9.13. The number of carbonyl (C=O) groups excluding carboxylic acids is 1. The van der Waals surface area contributed by atoms with Gasteiger partial charge in [-0.2, -0.15) is 5.10 Å². The Morgan fingerprint density at radius 1 is 0.929 bits per heavy atom. The summed E-state index contributed by atoms with van der Waals surface area (Å²) in [6.07, 6.45) is 3.44. The van der Waals surface area contributed by atoms with Gasteiger partial charge in [0.1, 0.15) is 28.6 Å². The minimum absolute atomic E-state index is 0.336. The van der Waals surface area contributed by atoms with Crippen molar-refractivity contribution in [2.45, 2.75) is 0 Å². The van der Waals surface area contributed by atoms with Crippen molar-refractivity contribution in [3.8, 4) is 28.3 Å². The fourth-order valence-electron chi connectivity index (χ4n) is 4.54. The Morgan fingerprint density at radius 3 is 2.52 bits per heavy atom. The van der Waals surface area contributed by atoms with E-state index in [1.807, 2.05) is 30.5 Å². The number of amides is 1. The van der Waals surface area contributed by atoms with E-state index in [0.29, 0.717) is 45.0 Å². The minimum Gasteiger partial charge on any atom is -0.495 e. The summed E-state index contributed by atoms with van der Waals surface area (Å²) < 4.78 is 35.3. The molecular formula is C31H21ClF2N6O2. The smallest absolute Gasteiger partial charge is 0.261 e. The van der Waals surface area contributed by atoms with Gasteiger partial charge >= 0.3 is 0 Å². The number of nitrogens with zero attached hydrogens (tertiary/aromatic N) is 4. The molecule has 0 saturated heterocycles. The first-order chi connectivity index (χ1) is 20.4. The molecule has 0 atom stereocenters.